The summed E-state index contributed by atoms with van der Waals surface area (Å²) < 4.78 is 41.6. The highest BCUT2D eigenvalue weighted by Gasteiger charge is 2.37. The van der Waals surface area contributed by atoms with Crippen molar-refractivity contribution < 1.29 is 27.6 Å². The molecule has 4 heterocycles. The number of amides is 4. The number of carbonyl (C=O) groups excluding carboxylic acids is 3. The Morgan fingerprint density at radius 2 is 1.65 bits per heavy atom. The van der Waals surface area contributed by atoms with E-state index in [1.54, 1.807) is 22.2 Å². The van der Waals surface area contributed by atoms with Gasteiger partial charge < -0.3 is 30.7 Å². The van der Waals surface area contributed by atoms with E-state index in [2.05, 4.69) is 31.1 Å². The van der Waals surface area contributed by atoms with Crippen LogP contribution in [-0.2, 0) is 28.6 Å². The maximum Gasteiger partial charge on any atom is 0.418 e. The number of nitrogens with two attached hydrogens (primary N) is 1. The molecule has 0 bridgehead atoms. The number of nitrogen functional groups attached to an aromatic ring is 1. The number of aromatic nitrogens is 1. The van der Waals surface area contributed by atoms with Crippen LogP contribution in [-0.4, -0.2) is 89.4 Å². The summed E-state index contributed by atoms with van der Waals surface area (Å²) in [5.74, 6) is -1.37. The Hall–Kier alpha value is -4.33. The van der Waals surface area contributed by atoms with Crippen LogP contribution in [0.15, 0.2) is 65.4 Å². The van der Waals surface area contributed by atoms with Crippen molar-refractivity contribution in [3.63, 3.8) is 0 Å². The summed E-state index contributed by atoms with van der Waals surface area (Å²) in [6.45, 7) is 3.38. The standard InChI is InChI=1S/C35H39BrF3N7O3/c36-29-21-23(20-28(32(29)40)35(37,38)39)19-25(33(48)45-17-15-43(16-18-45)26-5-10-41-11-6-26)22-31(47)44-12-8-27(9-13-44)46-14-7-24-3-1-2-4-30(24)42-34(46)49/h1-6,10-11,20-21,25,27H,7-9,12-19,22,40H2,(H,42,49)/t25-/m0/s1. The van der Waals surface area contributed by atoms with Gasteiger partial charge in [0.15, 0.2) is 0 Å². The minimum Gasteiger partial charge on any atom is -0.397 e. The van der Waals surface area contributed by atoms with Crippen molar-refractivity contribution in [3.8, 4) is 0 Å². The number of piperazine rings is 1. The van der Waals surface area contributed by atoms with Crippen LogP contribution in [0.25, 0.3) is 0 Å². The number of pyridine rings is 1. The molecule has 3 N–H and O–H groups in total. The van der Waals surface area contributed by atoms with Crippen LogP contribution in [0.2, 0.25) is 0 Å². The molecule has 10 nitrogen and oxygen atoms in total. The van der Waals surface area contributed by atoms with Gasteiger partial charge in [0.2, 0.25) is 11.8 Å². The second-order valence-corrected chi connectivity index (χ2v) is 13.7. The van der Waals surface area contributed by atoms with E-state index in [9.17, 15) is 27.6 Å². The molecule has 2 fully saturated rings. The number of hydrogen-bond donors (Lipinski definition) is 2. The normalized spacial score (nSPS) is 18.1. The molecule has 4 amide bonds. The monoisotopic (exact) mass is 741 g/mol. The average molecular weight is 743 g/mol. The van der Waals surface area contributed by atoms with Gasteiger partial charge in [0.1, 0.15) is 0 Å². The zero-order chi connectivity index (χ0) is 34.7. The van der Waals surface area contributed by atoms with Gasteiger partial charge in [0.05, 0.1) is 17.2 Å². The quantitative estimate of drug-likeness (QED) is 0.313. The fourth-order valence-electron chi connectivity index (χ4n) is 7.06. The number of benzene rings is 2. The van der Waals surface area contributed by atoms with Gasteiger partial charge in [-0.05, 0) is 83.1 Å². The average Bonchev–Trinajstić information content (AvgIpc) is 3.27. The predicted octanol–water partition coefficient (Wildman–Crippen LogP) is 5.42. The van der Waals surface area contributed by atoms with Crippen LogP contribution in [0.1, 0.15) is 36.0 Å². The number of carbonyl (C=O) groups is 3. The Morgan fingerprint density at radius 3 is 2.35 bits per heavy atom. The lowest BCUT2D eigenvalue weighted by Gasteiger charge is -2.39. The number of likely N-dealkylation sites (tertiary alicyclic amines) is 1. The van der Waals surface area contributed by atoms with Crippen LogP contribution in [0.3, 0.4) is 0 Å². The van der Waals surface area contributed by atoms with E-state index in [-0.39, 0.29) is 46.8 Å². The number of fused-ring (bicyclic) bond motifs is 1. The van der Waals surface area contributed by atoms with Crippen LogP contribution in [0.5, 0.6) is 0 Å². The molecule has 0 unspecified atom stereocenters. The Labute approximate surface area is 291 Å². The molecule has 260 valence electrons. The Kier molecular flexibility index (Phi) is 10.3. The third-order valence-electron chi connectivity index (χ3n) is 9.77. The number of anilines is 3. The molecule has 3 aliphatic rings. The van der Waals surface area contributed by atoms with E-state index in [4.69, 9.17) is 5.73 Å². The second-order valence-electron chi connectivity index (χ2n) is 12.8. The van der Waals surface area contributed by atoms with Gasteiger partial charge in [0.25, 0.3) is 0 Å². The number of nitrogens with one attached hydrogen (secondary N) is 1. The SMILES string of the molecule is Nc1c(Br)cc(C[C@@H](CC(=O)N2CCC(N3CCc4ccccc4NC3=O)CC2)C(=O)N2CCN(c3ccncc3)CC2)cc1C(F)(F)F. The molecular weight excluding hydrogens is 703 g/mol. The van der Waals surface area contributed by atoms with Crippen molar-refractivity contribution in [2.75, 3.05) is 61.8 Å². The number of rotatable bonds is 7. The molecule has 14 heteroatoms. The fraction of sp³-hybridized carbons (Fsp3) is 0.429. The molecule has 2 aromatic carbocycles. The first-order chi connectivity index (χ1) is 23.5. The van der Waals surface area contributed by atoms with Crippen molar-refractivity contribution in [1.29, 1.82) is 0 Å². The molecule has 2 saturated heterocycles. The molecule has 0 spiro atoms. The molecule has 6 rings (SSSR count). The minimum atomic E-state index is -4.68. The van der Waals surface area contributed by atoms with Crippen LogP contribution in [0.4, 0.5) is 35.0 Å². The smallest absolute Gasteiger partial charge is 0.397 e. The predicted molar refractivity (Wildman–Crippen MR) is 184 cm³/mol. The molecule has 3 aromatic rings. The van der Waals surface area contributed by atoms with Gasteiger partial charge in [0, 0.05) is 86.5 Å². The molecule has 1 aromatic heterocycles. The van der Waals surface area contributed by atoms with E-state index >= 15 is 0 Å². The van der Waals surface area contributed by atoms with Gasteiger partial charge >= 0.3 is 12.2 Å². The van der Waals surface area contributed by atoms with E-state index < -0.39 is 23.3 Å². The number of halogens is 4. The zero-order valence-corrected chi connectivity index (χ0v) is 28.5. The summed E-state index contributed by atoms with van der Waals surface area (Å²) in [5.41, 5.74) is 7.49. The summed E-state index contributed by atoms with van der Waals surface area (Å²) in [6.07, 6.45) is 0.442. The van der Waals surface area contributed by atoms with Gasteiger partial charge in [-0.25, -0.2) is 4.79 Å². The van der Waals surface area contributed by atoms with Gasteiger partial charge in [-0.3, -0.25) is 14.6 Å². The first kappa shape index (κ1) is 34.5. The summed E-state index contributed by atoms with van der Waals surface area (Å²) in [7, 11) is 0. The Morgan fingerprint density at radius 1 is 0.959 bits per heavy atom. The third-order valence-corrected chi connectivity index (χ3v) is 10.4. The number of alkyl halides is 3. The summed E-state index contributed by atoms with van der Waals surface area (Å²) in [5, 5.41) is 3.01. The maximum absolute atomic E-state index is 14.0. The van der Waals surface area contributed by atoms with Crippen molar-refractivity contribution in [3.05, 3.63) is 82.1 Å². The maximum atomic E-state index is 14.0. The Balaban J connectivity index is 1.14. The van der Waals surface area contributed by atoms with Gasteiger partial charge in [-0.1, -0.05) is 18.2 Å². The largest absolute Gasteiger partial charge is 0.418 e. The second kappa shape index (κ2) is 14.7. The van der Waals surface area contributed by atoms with E-state index in [1.807, 2.05) is 41.3 Å². The van der Waals surface area contributed by atoms with Crippen molar-refractivity contribution in [1.82, 2.24) is 19.7 Å². The highest BCUT2D eigenvalue weighted by Crippen LogP contribution is 2.39. The van der Waals surface area contributed by atoms with E-state index in [1.165, 1.54) is 6.07 Å². The van der Waals surface area contributed by atoms with Crippen molar-refractivity contribution >= 4 is 50.8 Å². The number of hydrogen-bond acceptors (Lipinski definition) is 6. The van der Waals surface area contributed by atoms with Crippen molar-refractivity contribution in [2.45, 2.75) is 44.3 Å². The number of para-hydroxylation sites is 1. The third kappa shape index (κ3) is 7.95. The first-order valence-corrected chi connectivity index (χ1v) is 17.3. The number of urea groups is 1. The number of piperidine rings is 1. The van der Waals surface area contributed by atoms with Crippen LogP contribution in [0, 0.1) is 5.92 Å². The Bertz CT molecular complexity index is 1680. The van der Waals surface area contributed by atoms with E-state index in [0.717, 1.165) is 29.4 Å². The van der Waals surface area contributed by atoms with E-state index in [0.29, 0.717) is 58.7 Å². The highest BCUT2D eigenvalue weighted by molar-refractivity contribution is 9.10. The minimum absolute atomic E-state index is 0.0413. The molecule has 0 radical (unpaired) electrons. The molecule has 3 aliphatic heterocycles. The lowest BCUT2D eigenvalue weighted by Crippen LogP contribution is -2.52. The molecule has 1 atom stereocenters. The molecule has 0 aliphatic carbocycles. The summed E-state index contributed by atoms with van der Waals surface area (Å²) in [4.78, 5) is 52.3. The van der Waals surface area contributed by atoms with Gasteiger partial charge in [-0.15, -0.1) is 0 Å². The lowest BCUT2D eigenvalue weighted by molar-refractivity contribution is -0.142. The zero-order valence-electron chi connectivity index (χ0n) is 27.0. The molecular formula is C35H39BrF3N7O3. The highest BCUT2D eigenvalue weighted by atomic mass is 79.9. The first-order valence-electron chi connectivity index (χ1n) is 16.5. The van der Waals surface area contributed by atoms with Crippen LogP contribution < -0.4 is 16.0 Å². The fourth-order valence-corrected chi connectivity index (χ4v) is 7.57. The van der Waals surface area contributed by atoms with Gasteiger partial charge in [-0.2, -0.15) is 13.2 Å². The van der Waals surface area contributed by atoms with Crippen molar-refractivity contribution in [2.24, 2.45) is 5.92 Å². The summed E-state index contributed by atoms with van der Waals surface area (Å²) >= 11 is 3.15. The molecule has 0 saturated carbocycles. The summed E-state index contributed by atoms with van der Waals surface area (Å²) in [6, 6.07) is 13.8. The topological polar surface area (TPSA) is 115 Å². The molecule has 49 heavy (non-hydrogen) atoms. The number of nitrogens with zero attached hydrogens (tertiary/aromatic N) is 5. The van der Waals surface area contributed by atoms with Crippen LogP contribution >= 0.6 is 15.9 Å². The lowest BCUT2D eigenvalue weighted by atomic mass is 9.92.